The molecule has 0 fully saturated rings. The number of ether oxygens (including phenoxy) is 2. The Kier molecular flexibility index (Phi) is 4.33. The van der Waals surface area contributed by atoms with Crippen LogP contribution in [0.4, 0.5) is 0 Å². The van der Waals surface area contributed by atoms with Gasteiger partial charge in [-0.1, -0.05) is 48.9 Å². The summed E-state index contributed by atoms with van der Waals surface area (Å²) in [7, 11) is 0. The number of aromatic nitrogens is 1. The summed E-state index contributed by atoms with van der Waals surface area (Å²) in [5.41, 5.74) is 2.37. The molecule has 0 spiro atoms. The van der Waals surface area contributed by atoms with Gasteiger partial charge >= 0.3 is 0 Å². The Labute approximate surface area is 152 Å². The molecule has 2 unspecified atom stereocenters. The molecule has 126 valence electrons. The van der Waals surface area contributed by atoms with Gasteiger partial charge in [0.05, 0.1) is 5.02 Å². The van der Waals surface area contributed by atoms with Crippen LogP contribution < -0.4 is 9.47 Å². The van der Waals surface area contributed by atoms with Crippen LogP contribution in [-0.2, 0) is 6.42 Å². The summed E-state index contributed by atoms with van der Waals surface area (Å²) in [4.78, 5) is 4.17. The third kappa shape index (κ3) is 3.47. The van der Waals surface area contributed by atoms with Gasteiger partial charge in [0.15, 0.2) is 0 Å². The largest absolute Gasteiger partial charge is 0.485 e. The first-order valence-electron chi connectivity index (χ1n) is 8.33. The second-order valence-corrected chi connectivity index (χ2v) is 6.75. The fraction of sp³-hybridized carbons (Fsp3) is 0.190. The van der Waals surface area contributed by atoms with Crippen LogP contribution in [0.2, 0.25) is 5.02 Å². The summed E-state index contributed by atoms with van der Waals surface area (Å²) in [6.45, 7) is 2.22. The van der Waals surface area contributed by atoms with E-state index in [4.69, 9.17) is 21.1 Å². The zero-order valence-electron chi connectivity index (χ0n) is 13.9. The lowest BCUT2D eigenvalue weighted by Crippen LogP contribution is -2.23. The second kappa shape index (κ2) is 6.77. The standard InChI is InChI=1S/C21H18ClNO2/c1-14-11-16-12-18(24-20-10-7-17(22)13-23-20)8-9-19(16)25-21(14)15-5-3-2-4-6-15/h2-10,12-14,21H,11H2,1H3. The molecule has 3 nitrogen and oxygen atoms in total. The van der Waals surface area contributed by atoms with Crippen molar-refractivity contribution in [1.29, 1.82) is 0 Å². The van der Waals surface area contributed by atoms with Crippen molar-refractivity contribution in [3.05, 3.63) is 83.0 Å². The van der Waals surface area contributed by atoms with Gasteiger partial charge in [-0.3, -0.25) is 0 Å². The van der Waals surface area contributed by atoms with Gasteiger partial charge in [0.2, 0.25) is 5.88 Å². The van der Waals surface area contributed by atoms with E-state index in [2.05, 4.69) is 36.2 Å². The highest BCUT2D eigenvalue weighted by Crippen LogP contribution is 2.40. The predicted molar refractivity (Wildman–Crippen MR) is 98.4 cm³/mol. The summed E-state index contributed by atoms with van der Waals surface area (Å²) >= 11 is 5.86. The van der Waals surface area contributed by atoms with Crippen LogP contribution in [0.1, 0.15) is 24.2 Å². The molecule has 0 saturated carbocycles. The number of halogens is 1. The average Bonchev–Trinajstić information content (AvgIpc) is 2.64. The van der Waals surface area contributed by atoms with Crippen LogP contribution in [0.25, 0.3) is 0 Å². The highest BCUT2D eigenvalue weighted by molar-refractivity contribution is 6.30. The third-order valence-electron chi connectivity index (χ3n) is 4.40. The zero-order valence-corrected chi connectivity index (χ0v) is 14.6. The van der Waals surface area contributed by atoms with E-state index in [0.29, 0.717) is 16.8 Å². The van der Waals surface area contributed by atoms with Crippen molar-refractivity contribution in [2.45, 2.75) is 19.4 Å². The Morgan fingerprint density at radius 1 is 1.08 bits per heavy atom. The maximum Gasteiger partial charge on any atom is 0.219 e. The average molecular weight is 352 g/mol. The first-order chi connectivity index (χ1) is 12.2. The lowest BCUT2D eigenvalue weighted by atomic mass is 9.88. The van der Waals surface area contributed by atoms with Crippen molar-refractivity contribution in [3.8, 4) is 17.4 Å². The molecule has 1 aliphatic rings. The van der Waals surface area contributed by atoms with E-state index < -0.39 is 0 Å². The van der Waals surface area contributed by atoms with Crippen molar-refractivity contribution in [2.75, 3.05) is 0 Å². The summed E-state index contributed by atoms with van der Waals surface area (Å²) in [5.74, 6) is 2.58. The molecule has 0 saturated heterocycles. The molecule has 0 N–H and O–H groups in total. The Morgan fingerprint density at radius 3 is 2.68 bits per heavy atom. The lowest BCUT2D eigenvalue weighted by Gasteiger charge is -2.32. The Hall–Kier alpha value is -2.52. The molecule has 4 heteroatoms. The van der Waals surface area contributed by atoms with Gasteiger partial charge in [0.1, 0.15) is 17.6 Å². The smallest absolute Gasteiger partial charge is 0.219 e. The molecule has 0 radical (unpaired) electrons. The molecule has 1 aliphatic heterocycles. The van der Waals surface area contributed by atoms with Gasteiger partial charge in [0, 0.05) is 18.2 Å². The van der Waals surface area contributed by atoms with Crippen molar-refractivity contribution in [3.63, 3.8) is 0 Å². The number of rotatable bonds is 3. The topological polar surface area (TPSA) is 31.4 Å². The molecule has 2 atom stereocenters. The summed E-state index contributed by atoms with van der Waals surface area (Å²) in [5, 5.41) is 0.590. The first-order valence-corrected chi connectivity index (χ1v) is 8.71. The Morgan fingerprint density at radius 2 is 1.92 bits per heavy atom. The molecule has 2 aromatic carbocycles. The van der Waals surface area contributed by atoms with E-state index in [1.807, 2.05) is 24.3 Å². The highest BCUT2D eigenvalue weighted by atomic mass is 35.5. The number of hydrogen-bond donors (Lipinski definition) is 0. The van der Waals surface area contributed by atoms with E-state index in [9.17, 15) is 0 Å². The molecular formula is C21H18ClNO2. The van der Waals surface area contributed by atoms with Gasteiger partial charge < -0.3 is 9.47 Å². The number of fused-ring (bicyclic) bond motifs is 1. The molecule has 2 heterocycles. The molecule has 0 bridgehead atoms. The fourth-order valence-electron chi connectivity index (χ4n) is 3.18. The zero-order chi connectivity index (χ0) is 17.2. The Balaban J connectivity index is 1.56. The molecule has 0 amide bonds. The summed E-state index contributed by atoms with van der Waals surface area (Å²) in [6.07, 6.45) is 2.60. The van der Waals surface area contributed by atoms with Gasteiger partial charge in [-0.05, 0) is 41.8 Å². The monoisotopic (exact) mass is 351 g/mol. The van der Waals surface area contributed by atoms with Crippen LogP contribution in [0, 0.1) is 5.92 Å². The van der Waals surface area contributed by atoms with Gasteiger partial charge in [-0.2, -0.15) is 0 Å². The van der Waals surface area contributed by atoms with Gasteiger partial charge in [-0.15, -0.1) is 0 Å². The minimum absolute atomic E-state index is 0.0819. The summed E-state index contributed by atoms with van der Waals surface area (Å²) < 4.78 is 12.1. The molecule has 0 aliphatic carbocycles. The van der Waals surface area contributed by atoms with E-state index >= 15 is 0 Å². The normalized spacial score (nSPS) is 19.0. The SMILES string of the molecule is CC1Cc2cc(Oc3ccc(Cl)cn3)ccc2OC1c1ccccc1. The number of benzene rings is 2. The number of hydrogen-bond acceptors (Lipinski definition) is 3. The predicted octanol–water partition coefficient (Wildman–Crippen LogP) is 5.84. The van der Waals surface area contributed by atoms with Crippen molar-refractivity contribution in [2.24, 2.45) is 5.92 Å². The van der Waals surface area contributed by atoms with E-state index in [1.54, 1.807) is 18.3 Å². The van der Waals surface area contributed by atoms with Crippen molar-refractivity contribution < 1.29 is 9.47 Å². The van der Waals surface area contributed by atoms with Crippen LogP contribution >= 0.6 is 11.6 Å². The second-order valence-electron chi connectivity index (χ2n) is 6.32. The van der Waals surface area contributed by atoms with Crippen LogP contribution in [0.5, 0.6) is 17.4 Å². The van der Waals surface area contributed by atoms with Gasteiger partial charge in [0.25, 0.3) is 0 Å². The van der Waals surface area contributed by atoms with Crippen LogP contribution in [0.15, 0.2) is 66.9 Å². The van der Waals surface area contributed by atoms with Crippen LogP contribution in [-0.4, -0.2) is 4.98 Å². The fourth-order valence-corrected chi connectivity index (χ4v) is 3.30. The maximum absolute atomic E-state index is 6.26. The molecule has 3 aromatic rings. The van der Waals surface area contributed by atoms with Crippen LogP contribution in [0.3, 0.4) is 0 Å². The molecule has 25 heavy (non-hydrogen) atoms. The lowest BCUT2D eigenvalue weighted by molar-refractivity contribution is 0.123. The van der Waals surface area contributed by atoms with Gasteiger partial charge in [-0.25, -0.2) is 4.98 Å². The minimum atomic E-state index is 0.0819. The molecule has 4 rings (SSSR count). The molecular weight excluding hydrogens is 334 g/mol. The van der Waals surface area contributed by atoms with Crippen molar-refractivity contribution >= 4 is 11.6 Å². The van der Waals surface area contributed by atoms with E-state index in [0.717, 1.165) is 23.5 Å². The quantitative estimate of drug-likeness (QED) is 0.594. The Bertz CT molecular complexity index is 865. The number of pyridine rings is 1. The third-order valence-corrected chi connectivity index (χ3v) is 4.62. The van der Waals surface area contributed by atoms with E-state index in [-0.39, 0.29) is 6.10 Å². The first kappa shape index (κ1) is 16.0. The highest BCUT2D eigenvalue weighted by Gasteiger charge is 2.28. The maximum atomic E-state index is 6.26. The number of nitrogens with zero attached hydrogens (tertiary/aromatic N) is 1. The van der Waals surface area contributed by atoms with E-state index in [1.165, 1.54) is 5.56 Å². The van der Waals surface area contributed by atoms with Crippen molar-refractivity contribution in [1.82, 2.24) is 4.98 Å². The minimum Gasteiger partial charge on any atom is -0.485 e. The molecule has 1 aromatic heterocycles. The summed E-state index contributed by atoms with van der Waals surface area (Å²) in [6, 6.07) is 19.8.